The van der Waals surface area contributed by atoms with Gasteiger partial charge in [0.25, 0.3) is 11.5 Å². The van der Waals surface area contributed by atoms with Crippen molar-refractivity contribution in [3.8, 4) is 5.75 Å². The number of aromatic nitrogens is 1. The molecule has 0 bridgehead atoms. The van der Waals surface area contributed by atoms with Crippen LogP contribution in [0.4, 0.5) is 11.4 Å². The molecule has 4 rings (SSSR count). The molecule has 1 atom stereocenters. The predicted octanol–water partition coefficient (Wildman–Crippen LogP) is 3.17. The van der Waals surface area contributed by atoms with E-state index in [1.165, 1.54) is 7.11 Å². The van der Waals surface area contributed by atoms with E-state index >= 15 is 0 Å². The number of nitrogens with one attached hydrogen (secondary N) is 1. The monoisotopic (exact) mass is 480 g/mol. The third-order valence-corrected chi connectivity index (χ3v) is 6.55. The summed E-state index contributed by atoms with van der Waals surface area (Å²) < 4.78 is 7.54. The number of hydrogen-bond acceptors (Lipinski definition) is 5. The molecule has 0 spiro atoms. The number of methoxy groups -OCH3 is 1. The lowest BCUT2D eigenvalue weighted by Crippen LogP contribution is -2.44. The molecule has 1 N–H and O–H groups in total. The zero-order valence-corrected chi connectivity index (χ0v) is 21.5. The van der Waals surface area contributed by atoms with Gasteiger partial charge in [-0.05, 0) is 42.5 Å². The van der Waals surface area contributed by atoms with Crippen molar-refractivity contribution in [3.05, 3.63) is 58.4 Å². The van der Waals surface area contributed by atoms with E-state index in [-0.39, 0.29) is 17.0 Å². The molecule has 1 aliphatic rings. The molecule has 1 fully saturated rings. The summed E-state index contributed by atoms with van der Waals surface area (Å²) in [5.41, 5.74) is 2.10. The number of amides is 1. The SMILES string of the molecule is COc1c(C(=O)Nc2cccc(P)c2)c(=O)n(CC(C)C)c2cccc(N3CCN(C)CC3)c12. The Kier molecular flexibility index (Phi) is 7.24. The van der Waals surface area contributed by atoms with Crippen molar-refractivity contribution in [2.24, 2.45) is 5.92 Å². The summed E-state index contributed by atoms with van der Waals surface area (Å²) in [6.45, 7) is 8.27. The van der Waals surface area contributed by atoms with E-state index in [2.05, 4.69) is 51.3 Å². The molecule has 1 unspecified atom stereocenters. The average Bonchev–Trinajstić information content (AvgIpc) is 2.80. The standard InChI is InChI=1S/C26H33N4O3P/c1-17(2)16-30-21-10-6-9-20(29-13-11-28(3)12-14-29)22(21)24(33-4)23(26(30)32)25(31)27-18-7-5-8-19(34)15-18/h5-10,15,17H,11-14,16,34H2,1-4H3,(H,27,31). The second-order valence-electron chi connectivity index (χ2n) is 9.26. The minimum absolute atomic E-state index is 0.0337. The summed E-state index contributed by atoms with van der Waals surface area (Å²) in [5.74, 6) is 0.0883. The van der Waals surface area contributed by atoms with E-state index in [4.69, 9.17) is 4.74 Å². The van der Waals surface area contributed by atoms with E-state index in [0.717, 1.165) is 48.1 Å². The van der Waals surface area contributed by atoms with Crippen LogP contribution in [0.3, 0.4) is 0 Å². The lowest BCUT2D eigenvalue weighted by molar-refractivity contribution is 0.102. The van der Waals surface area contributed by atoms with Crippen molar-refractivity contribution in [1.82, 2.24) is 9.47 Å². The van der Waals surface area contributed by atoms with Gasteiger partial charge in [0, 0.05) is 44.1 Å². The minimum atomic E-state index is -0.468. The number of likely N-dealkylation sites (N-methyl/N-ethyl adjacent to an activating group) is 1. The van der Waals surface area contributed by atoms with Gasteiger partial charge < -0.3 is 24.4 Å². The molecule has 1 aromatic heterocycles. The molecule has 1 amide bonds. The zero-order chi connectivity index (χ0) is 24.4. The van der Waals surface area contributed by atoms with Crippen LogP contribution in [0, 0.1) is 5.92 Å². The largest absolute Gasteiger partial charge is 0.495 e. The number of benzene rings is 2. The highest BCUT2D eigenvalue weighted by atomic mass is 31.0. The Hall–Kier alpha value is -2.89. The highest BCUT2D eigenvalue weighted by Gasteiger charge is 2.27. The van der Waals surface area contributed by atoms with Crippen molar-refractivity contribution >= 4 is 42.7 Å². The van der Waals surface area contributed by atoms with Crippen LogP contribution in [0.1, 0.15) is 24.2 Å². The molecule has 2 aromatic carbocycles. The molecule has 7 nitrogen and oxygen atoms in total. The van der Waals surface area contributed by atoms with Gasteiger partial charge in [0.05, 0.1) is 18.0 Å². The Labute approximate surface area is 202 Å². The molecule has 180 valence electrons. The quantitative estimate of drug-likeness (QED) is 0.549. The fraction of sp³-hybridized carbons (Fsp3) is 0.385. The first-order valence-electron chi connectivity index (χ1n) is 11.6. The lowest BCUT2D eigenvalue weighted by Gasteiger charge is -2.35. The molecular weight excluding hydrogens is 447 g/mol. The number of hydrogen-bond donors (Lipinski definition) is 1. The summed E-state index contributed by atoms with van der Waals surface area (Å²) >= 11 is 0. The van der Waals surface area contributed by atoms with Gasteiger partial charge in [-0.15, -0.1) is 9.24 Å². The van der Waals surface area contributed by atoms with Crippen LogP contribution in [0.15, 0.2) is 47.3 Å². The van der Waals surface area contributed by atoms with Crippen molar-refractivity contribution in [1.29, 1.82) is 0 Å². The maximum Gasteiger partial charge on any atom is 0.267 e. The molecule has 0 aliphatic carbocycles. The Morgan fingerprint density at radius 3 is 2.47 bits per heavy atom. The Morgan fingerprint density at radius 1 is 1.12 bits per heavy atom. The summed E-state index contributed by atoms with van der Waals surface area (Å²) in [5, 5.41) is 4.65. The molecule has 0 radical (unpaired) electrons. The van der Waals surface area contributed by atoms with Gasteiger partial charge in [-0.2, -0.15) is 0 Å². The molecule has 34 heavy (non-hydrogen) atoms. The summed E-state index contributed by atoms with van der Waals surface area (Å²) in [7, 11) is 6.26. The van der Waals surface area contributed by atoms with E-state index in [0.29, 0.717) is 18.0 Å². The fourth-order valence-electron chi connectivity index (χ4n) is 4.52. The average molecular weight is 481 g/mol. The number of carbonyl (C=O) groups excluding carboxylic acids is 1. The molecule has 0 saturated carbocycles. The Morgan fingerprint density at radius 2 is 1.82 bits per heavy atom. The van der Waals surface area contributed by atoms with Crippen LogP contribution in [-0.2, 0) is 6.54 Å². The van der Waals surface area contributed by atoms with Crippen molar-refractivity contribution in [2.45, 2.75) is 20.4 Å². The second-order valence-corrected chi connectivity index (χ2v) is 9.93. The van der Waals surface area contributed by atoms with E-state index < -0.39 is 5.91 Å². The van der Waals surface area contributed by atoms with Crippen LogP contribution in [-0.4, -0.2) is 55.7 Å². The number of anilines is 2. The second kappa shape index (κ2) is 10.2. The molecular formula is C26H33N4O3P. The van der Waals surface area contributed by atoms with E-state index in [1.54, 1.807) is 10.6 Å². The summed E-state index contributed by atoms with van der Waals surface area (Å²) in [6.07, 6.45) is 0. The first-order valence-corrected chi connectivity index (χ1v) is 12.2. The number of rotatable bonds is 6. The summed E-state index contributed by atoms with van der Waals surface area (Å²) in [6, 6.07) is 13.4. The molecule has 2 heterocycles. The number of piperazine rings is 1. The van der Waals surface area contributed by atoms with Crippen LogP contribution < -0.4 is 25.8 Å². The first-order chi connectivity index (χ1) is 16.3. The van der Waals surface area contributed by atoms with Crippen LogP contribution >= 0.6 is 9.24 Å². The lowest BCUT2D eigenvalue weighted by atomic mass is 10.0. The maximum absolute atomic E-state index is 13.7. The van der Waals surface area contributed by atoms with Gasteiger partial charge in [0.1, 0.15) is 11.3 Å². The van der Waals surface area contributed by atoms with E-state index in [9.17, 15) is 9.59 Å². The molecule has 8 heteroatoms. The highest BCUT2D eigenvalue weighted by Crippen LogP contribution is 2.36. The first kappa shape index (κ1) is 24.2. The van der Waals surface area contributed by atoms with Crippen LogP contribution in [0.25, 0.3) is 10.9 Å². The van der Waals surface area contributed by atoms with Crippen molar-refractivity contribution in [2.75, 3.05) is 50.6 Å². The smallest absolute Gasteiger partial charge is 0.267 e. The van der Waals surface area contributed by atoms with Crippen LogP contribution in [0.2, 0.25) is 0 Å². The van der Waals surface area contributed by atoms with E-state index in [1.807, 2.05) is 30.3 Å². The van der Waals surface area contributed by atoms with Crippen LogP contribution in [0.5, 0.6) is 5.75 Å². The zero-order valence-electron chi connectivity index (χ0n) is 20.3. The normalized spacial score (nSPS) is 14.6. The van der Waals surface area contributed by atoms with Gasteiger partial charge >= 0.3 is 0 Å². The fourth-order valence-corrected chi connectivity index (χ4v) is 4.81. The topological polar surface area (TPSA) is 66.8 Å². The number of nitrogens with zero attached hydrogens (tertiary/aromatic N) is 3. The van der Waals surface area contributed by atoms with Crippen molar-refractivity contribution in [3.63, 3.8) is 0 Å². The Bertz CT molecular complexity index is 1260. The van der Waals surface area contributed by atoms with Gasteiger partial charge in [-0.25, -0.2) is 0 Å². The van der Waals surface area contributed by atoms with Gasteiger partial charge in [0.2, 0.25) is 0 Å². The number of pyridine rings is 1. The molecule has 3 aromatic rings. The number of fused-ring (bicyclic) bond motifs is 1. The number of carbonyl (C=O) groups is 1. The molecule has 1 aliphatic heterocycles. The maximum atomic E-state index is 13.7. The third kappa shape index (κ3) is 4.82. The van der Waals surface area contributed by atoms with Crippen molar-refractivity contribution < 1.29 is 9.53 Å². The molecule has 1 saturated heterocycles. The Balaban J connectivity index is 1.94. The summed E-state index contributed by atoms with van der Waals surface area (Å²) in [4.78, 5) is 31.8. The predicted molar refractivity (Wildman–Crippen MR) is 143 cm³/mol. The third-order valence-electron chi connectivity index (χ3n) is 6.19. The number of ether oxygens (including phenoxy) is 1. The highest BCUT2D eigenvalue weighted by molar-refractivity contribution is 7.27. The van der Waals surface area contributed by atoms with Gasteiger partial charge in [-0.1, -0.05) is 32.0 Å². The van der Waals surface area contributed by atoms with Gasteiger partial charge in [-0.3, -0.25) is 9.59 Å². The van der Waals surface area contributed by atoms with Gasteiger partial charge in [0.15, 0.2) is 0 Å². The minimum Gasteiger partial charge on any atom is -0.495 e.